The van der Waals surface area contributed by atoms with Crippen LogP contribution in [0.4, 0.5) is 0 Å². The number of rotatable bonds is 9. The molecule has 0 saturated heterocycles. The van der Waals surface area contributed by atoms with Crippen molar-refractivity contribution in [2.45, 2.75) is 67.7 Å². The molecule has 0 aliphatic rings. The molecule has 7 heteroatoms. The molecule has 0 atom stereocenters. The summed E-state index contributed by atoms with van der Waals surface area (Å²) in [4.78, 5) is 21.8. The molecule has 2 aromatic carbocycles. The third-order valence-electron chi connectivity index (χ3n) is 5.40. The predicted octanol–water partition coefficient (Wildman–Crippen LogP) is 7.36. The van der Waals surface area contributed by atoms with Gasteiger partial charge in [-0.3, -0.25) is 20.6 Å². The maximum atomic E-state index is 12.2. The number of amidine groups is 2. The highest BCUT2D eigenvalue weighted by molar-refractivity contribution is 6.01. The van der Waals surface area contributed by atoms with Crippen molar-refractivity contribution in [3.63, 3.8) is 0 Å². The quantitative estimate of drug-likeness (QED) is 0.149. The summed E-state index contributed by atoms with van der Waals surface area (Å²) in [5.41, 5.74) is 3.87. The number of hydrogen-bond acceptors (Lipinski definition) is 5. The maximum Gasteiger partial charge on any atom is 0.271 e. The van der Waals surface area contributed by atoms with Crippen molar-refractivity contribution in [1.82, 2.24) is 20.2 Å². The monoisotopic (exact) mass is 544 g/mol. The van der Waals surface area contributed by atoms with Crippen LogP contribution < -0.4 is 5.32 Å². The molecule has 1 aromatic heterocycles. The molecule has 0 saturated carbocycles. The zero-order valence-corrected chi connectivity index (χ0v) is 25.4. The number of aryl methyl sites for hydroxylation is 1. The average Bonchev–Trinajstić information content (AvgIpc) is 3.02. The van der Waals surface area contributed by atoms with E-state index in [0.717, 1.165) is 17.5 Å². The van der Waals surface area contributed by atoms with Crippen molar-refractivity contribution < 1.29 is 4.79 Å². The van der Waals surface area contributed by atoms with Crippen LogP contribution >= 0.6 is 0 Å². The van der Waals surface area contributed by atoms with E-state index in [4.69, 9.17) is 10.8 Å². The van der Waals surface area contributed by atoms with E-state index in [1.165, 1.54) is 24.2 Å². The number of carbonyl (C=O) groups excluding carboxylic acids is 1. The summed E-state index contributed by atoms with van der Waals surface area (Å²) >= 11 is 0. The van der Waals surface area contributed by atoms with E-state index in [0.29, 0.717) is 25.2 Å². The van der Waals surface area contributed by atoms with Crippen LogP contribution in [0, 0.1) is 10.8 Å². The van der Waals surface area contributed by atoms with Crippen molar-refractivity contribution in [2.75, 3.05) is 13.1 Å². The third kappa shape index (κ3) is 15.3. The minimum atomic E-state index is -0.392. The molecule has 40 heavy (non-hydrogen) atoms. The van der Waals surface area contributed by atoms with Crippen LogP contribution in [-0.2, 0) is 12.8 Å². The molecule has 0 unspecified atom stereocenters. The molecule has 0 aliphatic heterocycles. The Morgan fingerprint density at radius 2 is 1.38 bits per heavy atom. The second-order valence-electron chi connectivity index (χ2n) is 8.41. The Morgan fingerprint density at radius 1 is 0.850 bits per heavy atom. The summed E-state index contributed by atoms with van der Waals surface area (Å²) in [5.74, 6) is 0.140. The van der Waals surface area contributed by atoms with Crippen LogP contribution in [0.3, 0.4) is 0 Å². The number of nitrogens with one attached hydrogen (secondary N) is 3. The first kappa shape index (κ1) is 35.9. The molecule has 3 aromatic rings. The van der Waals surface area contributed by atoms with Gasteiger partial charge in [0, 0.05) is 25.4 Å². The summed E-state index contributed by atoms with van der Waals surface area (Å²) < 4.78 is 0. The predicted molar refractivity (Wildman–Crippen MR) is 169 cm³/mol. The Bertz CT molecular complexity index is 1110. The molecule has 3 N–H and O–H groups in total. The van der Waals surface area contributed by atoms with Crippen LogP contribution in [0.15, 0.2) is 90.9 Å². The normalized spacial score (nSPS) is 9.18. The van der Waals surface area contributed by atoms with Crippen LogP contribution in [-0.4, -0.2) is 45.5 Å². The molecule has 0 bridgehead atoms. The molecule has 0 radical (unpaired) electrons. The van der Waals surface area contributed by atoms with Gasteiger partial charge in [-0.15, -0.1) is 0 Å². The summed E-state index contributed by atoms with van der Waals surface area (Å²) in [7, 11) is 0. The number of amides is 1. The number of nitrogens with zero attached hydrogens (tertiary/aromatic N) is 3. The summed E-state index contributed by atoms with van der Waals surface area (Å²) in [6, 6.07) is 20.0. The van der Waals surface area contributed by atoms with E-state index in [2.05, 4.69) is 35.2 Å². The Labute approximate surface area is 241 Å². The van der Waals surface area contributed by atoms with Gasteiger partial charge in [0.25, 0.3) is 5.91 Å². The Morgan fingerprint density at radius 3 is 1.85 bits per heavy atom. The lowest BCUT2D eigenvalue weighted by atomic mass is 10.1. The van der Waals surface area contributed by atoms with Gasteiger partial charge < -0.3 is 10.2 Å². The molecule has 7 nitrogen and oxygen atoms in total. The van der Waals surface area contributed by atoms with Crippen LogP contribution in [0.1, 0.15) is 76.5 Å². The van der Waals surface area contributed by atoms with Crippen molar-refractivity contribution >= 4 is 17.6 Å². The van der Waals surface area contributed by atoms with Crippen LogP contribution in [0.5, 0.6) is 0 Å². The van der Waals surface area contributed by atoms with Gasteiger partial charge in [-0.05, 0) is 44.7 Å². The van der Waals surface area contributed by atoms with Crippen LogP contribution in [0.25, 0.3) is 0 Å². The number of hydrogen-bond donors (Lipinski definition) is 3. The van der Waals surface area contributed by atoms with E-state index in [1.54, 1.807) is 4.90 Å². The first-order chi connectivity index (χ1) is 19.4. The lowest BCUT2D eigenvalue weighted by molar-refractivity contribution is 0.0953. The smallest absolute Gasteiger partial charge is 0.271 e. The van der Waals surface area contributed by atoms with Crippen molar-refractivity contribution in [3.05, 3.63) is 108 Å². The van der Waals surface area contributed by atoms with E-state index < -0.39 is 5.91 Å². The van der Waals surface area contributed by atoms with Gasteiger partial charge in [-0.1, -0.05) is 100 Å². The van der Waals surface area contributed by atoms with Gasteiger partial charge in [0.05, 0.1) is 12.7 Å². The van der Waals surface area contributed by atoms with E-state index in [9.17, 15) is 4.79 Å². The Balaban J connectivity index is 0.00000150. The van der Waals surface area contributed by atoms with Gasteiger partial charge in [-0.25, -0.2) is 4.98 Å². The SMILES string of the molecule is CC.CC.CC=C(C)C.N=C(CCc1ccccc1)N(CCc1ccccc1)C(=N)CNC(=O)c1cnccn1. The molecule has 0 aliphatic carbocycles. The molecule has 1 heterocycles. The maximum absolute atomic E-state index is 12.2. The first-order valence-electron chi connectivity index (χ1n) is 14.0. The van der Waals surface area contributed by atoms with Crippen molar-refractivity contribution in [2.24, 2.45) is 0 Å². The van der Waals surface area contributed by atoms with E-state index in [-0.39, 0.29) is 18.1 Å². The second-order valence-corrected chi connectivity index (χ2v) is 8.41. The Kier molecular flexibility index (Phi) is 20.5. The van der Waals surface area contributed by atoms with Crippen LogP contribution in [0.2, 0.25) is 0 Å². The van der Waals surface area contributed by atoms with Gasteiger partial charge in [0.2, 0.25) is 0 Å². The standard InChI is InChI=1S/C24H26N6O.C5H10.2C2H6/c25-22(12-11-19-7-3-1-4-8-19)30(16-13-20-9-5-2-6-10-20)23(26)18-29-24(31)21-17-27-14-15-28-21;1-4-5(2)3;2*1-2/h1-10,14-15,17,25-26H,11-13,16,18H2,(H,29,31);4H,1-3H3;2*1-2H3. The fourth-order valence-electron chi connectivity index (χ4n) is 3.13. The average molecular weight is 545 g/mol. The highest BCUT2D eigenvalue weighted by atomic mass is 16.1. The number of aromatic nitrogens is 2. The lowest BCUT2D eigenvalue weighted by Gasteiger charge is -2.26. The van der Waals surface area contributed by atoms with Gasteiger partial charge in [0.15, 0.2) is 0 Å². The zero-order valence-electron chi connectivity index (χ0n) is 25.4. The van der Waals surface area contributed by atoms with E-state index in [1.807, 2.05) is 95.3 Å². The van der Waals surface area contributed by atoms with Crippen molar-refractivity contribution in [3.8, 4) is 0 Å². The molecule has 216 valence electrons. The van der Waals surface area contributed by atoms with Crippen molar-refractivity contribution in [1.29, 1.82) is 10.8 Å². The Hall–Kier alpha value is -4.13. The molecular weight excluding hydrogens is 496 g/mol. The molecule has 0 spiro atoms. The minimum Gasteiger partial charge on any atom is -0.343 e. The molecular formula is C33H48N6O. The summed E-state index contributed by atoms with van der Waals surface area (Å²) in [6.45, 7) is 14.7. The molecule has 3 rings (SSSR count). The fourth-order valence-corrected chi connectivity index (χ4v) is 3.13. The highest BCUT2D eigenvalue weighted by Crippen LogP contribution is 2.08. The summed E-state index contributed by atoms with van der Waals surface area (Å²) in [5, 5.41) is 19.8. The first-order valence-corrected chi connectivity index (χ1v) is 14.0. The number of benzene rings is 2. The van der Waals surface area contributed by atoms with E-state index >= 15 is 0 Å². The zero-order chi connectivity index (χ0) is 30.2. The minimum absolute atomic E-state index is 0.0118. The lowest BCUT2D eigenvalue weighted by Crippen LogP contribution is -2.44. The summed E-state index contributed by atoms with van der Waals surface area (Å²) in [6.07, 6.45) is 8.35. The second kappa shape index (κ2) is 22.8. The topological polar surface area (TPSA) is 106 Å². The largest absolute Gasteiger partial charge is 0.343 e. The van der Waals surface area contributed by atoms with Gasteiger partial charge in [-0.2, -0.15) is 0 Å². The third-order valence-corrected chi connectivity index (χ3v) is 5.40. The van der Waals surface area contributed by atoms with Gasteiger partial charge in [0.1, 0.15) is 17.4 Å². The number of carbonyl (C=O) groups is 1. The van der Waals surface area contributed by atoms with Gasteiger partial charge >= 0.3 is 0 Å². The fraction of sp³-hybridized carbons (Fsp3) is 0.364. The number of allylic oxidation sites excluding steroid dienone is 2. The highest BCUT2D eigenvalue weighted by Gasteiger charge is 2.17. The molecule has 0 fully saturated rings. The molecule has 1 amide bonds.